The summed E-state index contributed by atoms with van der Waals surface area (Å²) in [4.78, 5) is 55.4. The van der Waals surface area contributed by atoms with Gasteiger partial charge in [0.2, 0.25) is 0 Å². The van der Waals surface area contributed by atoms with Gasteiger partial charge in [0.1, 0.15) is 35.6 Å². The largest absolute Gasteiger partial charge is 0.477 e. The number of carboxylic acid groups (broad SMARTS) is 1. The molecule has 6 N–H and O–H groups in total. The molecule has 4 heterocycles. The van der Waals surface area contributed by atoms with Crippen LogP contribution < -0.4 is 21.7 Å². The van der Waals surface area contributed by atoms with Gasteiger partial charge in [-0.1, -0.05) is 35.1 Å². The number of carbonyl (C=O) groups excluding carboxylic acids is 2. The van der Waals surface area contributed by atoms with Gasteiger partial charge in [0.25, 0.3) is 11.8 Å². The Morgan fingerprint density at radius 1 is 1.35 bits per heavy atom. The molecular weight excluding hydrogens is 577 g/mol. The summed E-state index contributed by atoms with van der Waals surface area (Å²) < 4.78 is 0. The van der Waals surface area contributed by atoms with Crippen molar-refractivity contribution >= 4 is 74.3 Å². The molecule has 2 amide bonds. The molecule has 0 spiro atoms. The van der Waals surface area contributed by atoms with Crippen molar-refractivity contribution in [2.75, 3.05) is 35.8 Å². The number of nitrogens with one attached hydrogen (secondary N) is 1. The highest BCUT2D eigenvalue weighted by atomic mass is 32.2. The highest BCUT2D eigenvalue weighted by Crippen LogP contribution is 2.42. The number of amides is 2. The van der Waals surface area contributed by atoms with E-state index in [9.17, 15) is 19.5 Å². The maximum atomic E-state index is 13.1. The molecule has 1 aromatic carbocycles. The fraction of sp³-hybridized carbons (Fsp3) is 0.333. The van der Waals surface area contributed by atoms with E-state index in [0.717, 1.165) is 22.6 Å². The second-order valence-corrected chi connectivity index (χ2v) is 11.7. The molecule has 3 atom stereocenters. The number of benzene rings is 1. The highest BCUT2D eigenvalue weighted by molar-refractivity contribution is 8.14. The molecule has 2 aromatic rings. The number of β-lactam (4-membered cyclic amide) rings is 1. The number of nitrogens with two attached hydrogens (primary N) is 2. The zero-order valence-electron chi connectivity index (χ0n) is 21.4. The number of aliphatic imine (C=N–C) groups is 1. The Hall–Kier alpha value is -3.60. The molecule has 1 aromatic heterocycles. The van der Waals surface area contributed by atoms with Crippen molar-refractivity contribution in [3.8, 4) is 0 Å². The topological polar surface area (TPSA) is 189 Å². The minimum atomic E-state index is -1.21. The van der Waals surface area contributed by atoms with Gasteiger partial charge in [0.15, 0.2) is 16.0 Å². The minimum absolute atomic E-state index is 0.0778. The number of para-hydroxylation sites is 1. The van der Waals surface area contributed by atoms with E-state index in [2.05, 4.69) is 20.4 Å². The van der Waals surface area contributed by atoms with Crippen LogP contribution in [0.25, 0.3) is 0 Å². The molecule has 210 valence electrons. The number of nitrogens with zero attached hydrogens (tertiary/aromatic N) is 5. The average Bonchev–Trinajstić information content (AvgIpc) is 3.38. The van der Waals surface area contributed by atoms with E-state index in [4.69, 9.17) is 16.3 Å². The van der Waals surface area contributed by atoms with Crippen LogP contribution in [0.15, 0.2) is 51.1 Å². The first-order chi connectivity index (χ1) is 19.2. The van der Waals surface area contributed by atoms with Gasteiger partial charge in [-0.2, -0.15) is 0 Å². The lowest BCUT2D eigenvalue weighted by Crippen LogP contribution is -2.71. The summed E-state index contributed by atoms with van der Waals surface area (Å²) in [6.07, 6.45) is -0.522. The molecule has 3 aliphatic rings. The van der Waals surface area contributed by atoms with Crippen LogP contribution in [-0.2, 0) is 19.2 Å². The van der Waals surface area contributed by atoms with Crippen molar-refractivity contribution in [1.29, 1.82) is 0 Å². The van der Waals surface area contributed by atoms with Crippen molar-refractivity contribution < 1.29 is 24.3 Å². The van der Waals surface area contributed by atoms with Crippen LogP contribution in [0.1, 0.15) is 24.3 Å². The molecule has 16 heteroatoms. The Labute approximate surface area is 241 Å². The maximum Gasteiger partial charge on any atom is 0.352 e. The van der Waals surface area contributed by atoms with Crippen LogP contribution in [0.3, 0.4) is 0 Å². The number of carbonyl (C=O) groups is 3. The molecule has 13 nitrogen and oxygen atoms in total. The van der Waals surface area contributed by atoms with E-state index in [-0.39, 0.29) is 28.8 Å². The summed E-state index contributed by atoms with van der Waals surface area (Å²) in [6, 6.07) is 6.76. The minimum Gasteiger partial charge on any atom is -0.477 e. The van der Waals surface area contributed by atoms with Gasteiger partial charge < -0.3 is 31.6 Å². The number of anilines is 2. The molecule has 1 saturated heterocycles. The summed E-state index contributed by atoms with van der Waals surface area (Å²) in [7, 11) is 1.88. The van der Waals surface area contributed by atoms with Gasteiger partial charge >= 0.3 is 5.97 Å². The molecule has 3 aliphatic heterocycles. The number of aromatic nitrogens is 1. The summed E-state index contributed by atoms with van der Waals surface area (Å²) in [5.41, 5.74) is 14.4. The fourth-order valence-electron chi connectivity index (χ4n) is 4.44. The number of oxime groups is 1. The van der Waals surface area contributed by atoms with Gasteiger partial charge in [-0.3, -0.25) is 14.5 Å². The molecular formula is C24H26N8O5S3. The third-order valence-electron chi connectivity index (χ3n) is 6.33. The number of aliphatic carboxylic acids is 1. The van der Waals surface area contributed by atoms with Crippen LogP contribution in [0, 0.1) is 0 Å². The predicted octanol–water partition coefficient (Wildman–Crippen LogP) is 1.40. The number of amidine groups is 1. The van der Waals surface area contributed by atoms with Crippen LogP contribution in [0.4, 0.5) is 10.8 Å². The first-order valence-corrected chi connectivity index (χ1v) is 15.0. The third-order valence-corrected chi connectivity index (χ3v) is 9.47. The Kier molecular flexibility index (Phi) is 8.02. The Bertz CT molecular complexity index is 1460. The molecule has 0 bridgehead atoms. The monoisotopic (exact) mass is 602 g/mol. The normalized spacial score (nSPS) is 22.3. The fourth-order valence-corrected chi connectivity index (χ4v) is 7.49. The van der Waals surface area contributed by atoms with Crippen molar-refractivity contribution in [2.45, 2.75) is 24.5 Å². The van der Waals surface area contributed by atoms with Crippen molar-refractivity contribution in [2.24, 2.45) is 15.9 Å². The lowest BCUT2D eigenvalue weighted by Gasteiger charge is -2.49. The standard InChI is InChI=1S/C24H26N8O5S3/c1-3-37-30-15(13-10-39-23(26)27-13)19(33)28-16-20(34)32-17(22(35)36)11(8-38-21(16)32)9-40-24-29-18(25)12-6-4-5-7-14(12)31(24)2/h4-7,10,16,18,21H,3,8-9,25H2,1-2H3,(H2,26,27)(H,28,33)(H,35,36)/b30-15-/t16?,18?,21-/m0/s1. The summed E-state index contributed by atoms with van der Waals surface area (Å²) in [5.74, 6) is -1.75. The first-order valence-electron chi connectivity index (χ1n) is 12.1. The average molecular weight is 603 g/mol. The number of carboxylic acids is 1. The number of hydrogen-bond donors (Lipinski definition) is 4. The molecule has 0 radical (unpaired) electrons. The summed E-state index contributed by atoms with van der Waals surface area (Å²) in [5, 5.41) is 18.4. The van der Waals surface area contributed by atoms with Gasteiger partial charge in [0, 0.05) is 35.2 Å². The zero-order valence-corrected chi connectivity index (χ0v) is 23.9. The van der Waals surface area contributed by atoms with Gasteiger partial charge in [-0.05, 0) is 18.6 Å². The van der Waals surface area contributed by atoms with Crippen LogP contribution in [0.2, 0.25) is 0 Å². The Morgan fingerprint density at radius 2 is 2.12 bits per heavy atom. The molecule has 0 saturated carbocycles. The lowest BCUT2D eigenvalue weighted by atomic mass is 10.0. The number of rotatable bonds is 8. The third kappa shape index (κ3) is 5.14. The SMILES string of the molecule is CCO/N=C(\C(=O)NC1C(=O)N2C(C(=O)O)=C(CSC3=NC(N)c4ccccc4N3C)CS[C@@H]12)c1csc(N)n1. The Balaban J connectivity index is 1.30. The summed E-state index contributed by atoms with van der Waals surface area (Å²) in [6.45, 7) is 1.93. The van der Waals surface area contributed by atoms with Gasteiger partial charge in [0.05, 0.1) is 0 Å². The van der Waals surface area contributed by atoms with Crippen LogP contribution in [0.5, 0.6) is 0 Å². The maximum absolute atomic E-state index is 13.1. The van der Waals surface area contributed by atoms with Crippen molar-refractivity contribution in [3.63, 3.8) is 0 Å². The van der Waals surface area contributed by atoms with E-state index in [1.54, 1.807) is 12.3 Å². The van der Waals surface area contributed by atoms with Crippen LogP contribution >= 0.6 is 34.9 Å². The molecule has 40 heavy (non-hydrogen) atoms. The molecule has 2 unspecified atom stereocenters. The van der Waals surface area contributed by atoms with E-state index in [1.807, 2.05) is 36.2 Å². The lowest BCUT2D eigenvalue weighted by molar-refractivity contribution is -0.150. The van der Waals surface area contributed by atoms with E-state index < -0.39 is 35.4 Å². The van der Waals surface area contributed by atoms with Crippen molar-refractivity contribution in [1.82, 2.24) is 15.2 Å². The number of hydrogen-bond acceptors (Lipinski definition) is 13. The zero-order chi connectivity index (χ0) is 28.6. The number of thiazole rings is 1. The first kappa shape index (κ1) is 27.9. The highest BCUT2D eigenvalue weighted by Gasteiger charge is 2.54. The second kappa shape index (κ2) is 11.5. The quantitative estimate of drug-likeness (QED) is 0.194. The van der Waals surface area contributed by atoms with Crippen molar-refractivity contribution in [3.05, 3.63) is 52.2 Å². The number of nitrogen functional groups attached to an aromatic ring is 1. The number of fused-ring (bicyclic) bond motifs is 2. The Morgan fingerprint density at radius 3 is 2.83 bits per heavy atom. The van der Waals surface area contributed by atoms with E-state index in [0.29, 0.717) is 22.2 Å². The predicted molar refractivity (Wildman–Crippen MR) is 156 cm³/mol. The van der Waals surface area contributed by atoms with Crippen LogP contribution in [-0.4, -0.2) is 80.2 Å². The van der Waals surface area contributed by atoms with E-state index in [1.165, 1.54) is 28.4 Å². The molecule has 1 fully saturated rings. The van der Waals surface area contributed by atoms with E-state index >= 15 is 0 Å². The number of thioether (sulfide) groups is 2. The van der Waals surface area contributed by atoms with Gasteiger partial charge in [-0.15, -0.1) is 23.1 Å². The smallest absolute Gasteiger partial charge is 0.352 e. The second-order valence-electron chi connectivity index (χ2n) is 8.81. The molecule has 0 aliphatic carbocycles. The molecule has 5 rings (SSSR count). The summed E-state index contributed by atoms with van der Waals surface area (Å²) >= 11 is 3.87. The van der Waals surface area contributed by atoms with Gasteiger partial charge in [-0.25, -0.2) is 14.8 Å².